The van der Waals surface area contributed by atoms with Crippen LogP contribution in [0, 0.1) is 11.8 Å². The third kappa shape index (κ3) is 3.81. The van der Waals surface area contributed by atoms with Gasteiger partial charge in [-0.2, -0.15) is 0 Å². The number of H-pyrrole nitrogens is 1. The van der Waals surface area contributed by atoms with Crippen LogP contribution in [0.5, 0.6) is 0 Å². The van der Waals surface area contributed by atoms with E-state index >= 15 is 0 Å². The second kappa shape index (κ2) is 8.18. The Balaban J connectivity index is 1.18. The number of piperidine rings is 1. The molecule has 2 fully saturated rings. The van der Waals surface area contributed by atoms with Crippen LogP contribution in [0.4, 0.5) is 0 Å². The van der Waals surface area contributed by atoms with Crippen molar-refractivity contribution in [1.29, 1.82) is 0 Å². The highest BCUT2D eigenvalue weighted by Crippen LogP contribution is 2.34. The molecule has 0 radical (unpaired) electrons. The lowest BCUT2D eigenvalue weighted by atomic mass is 9.93. The Morgan fingerprint density at radius 2 is 1.94 bits per heavy atom. The fourth-order valence-electron chi connectivity index (χ4n) is 5.81. The van der Waals surface area contributed by atoms with E-state index in [1.54, 1.807) is 4.52 Å². The van der Waals surface area contributed by atoms with Gasteiger partial charge in [-0.1, -0.05) is 12.2 Å². The molecule has 7 nitrogen and oxygen atoms in total. The van der Waals surface area contributed by atoms with Crippen molar-refractivity contribution in [1.82, 2.24) is 24.4 Å². The smallest absolute Gasteiger partial charge is 0.277 e. The van der Waals surface area contributed by atoms with E-state index < -0.39 is 0 Å². The van der Waals surface area contributed by atoms with Crippen LogP contribution < -0.4 is 5.56 Å². The molecule has 0 bridgehead atoms. The van der Waals surface area contributed by atoms with Crippen molar-refractivity contribution in [3.8, 4) is 0 Å². The number of fused-ring (bicyclic) bond motifs is 2. The number of hydrogen-bond donors (Lipinski definition) is 1. The van der Waals surface area contributed by atoms with Crippen molar-refractivity contribution in [2.24, 2.45) is 11.8 Å². The lowest BCUT2D eigenvalue weighted by molar-refractivity contribution is -0.133. The van der Waals surface area contributed by atoms with E-state index in [4.69, 9.17) is 4.98 Å². The molecule has 1 saturated heterocycles. The van der Waals surface area contributed by atoms with Gasteiger partial charge in [-0.05, 0) is 50.9 Å². The van der Waals surface area contributed by atoms with Crippen molar-refractivity contribution in [3.05, 3.63) is 45.5 Å². The molecule has 2 aromatic heterocycles. The van der Waals surface area contributed by atoms with Crippen LogP contribution in [0.2, 0.25) is 0 Å². The monoisotopic (exact) mass is 435 g/mol. The van der Waals surface area contributed by atoms with Crippen molar-refractivity contribution in [2.75, 3.05) is 26.2 Å². The molecular formula is C25H33N5O2. The van der Waals surface area contributed by atoms with E-state index in [1.807, 2.05) is 4.90 Å². The van der Waals surface area contributed by atoms with Gasteiger partial charge in [-0.15, -0.1) is 0 Å². The standard InChI is InChI=1S/C25H33N5O2/c31-24(19-6-7-19)29-12-8-18(9-13-29)22-14-23-26-21-10-11-28(15-17-4-2-1-3-5-17)16-20(21)25(32)30(23)27-22/h1-2,14,17-19,27H,3-13,15-16H2/t17-/m0/s1. The number of carbonyl (C=O) groups excluding carboxylic acids is 1. The second-order valence-corrected chi connectivity index (χ2v) is 10.3. The van der Waals surface area contributed by atoms with E-state index in [0.717, 1.165) is 87.3 Å². The highest BCUT2D eigenvalue weighted by Gasteiger charge is 2.35. The van der Waals surface area contributed by atoms with Crippen molar-refractivity contribution < 1.29 is 4.79 Å². The molecule has 1 atom stereocenters. The van der Waals surface area contributed by atoms with Gasteiger partial charge in [0.05, 0.1) is 11.3 Å². The summed E-state index contributed by atoms with van der Waals surface area (Å²) < 4.78 is 1.66. The fourth-order valence-corrected chi connectivity index (χ4v) is 5.81. The summed E-state index contributed by atoms with van der Waals surface area (Å²) in [5.41, 5.74) is 3.72. The molecule has 1 saturated carbocycles. The summed E-state index contributed by atoms with van der Waals surface area (Å²) in [6.07, 6.45) is 13.1. The molecule has 0 spiro atoms. The highest BCUT2D eigenvalue weighted by atomic mass is 16.2. The van der Waals surface area contributed by atoms with Crippen LogP contribution in [0.3, 0.4) is 0 Å². The minimum atomic E-state index is 0.0610. The van der Waals surface area contributed by atoms with Gasteiger partial charge in [0, 0.05) is 62.7 Å². The molecule has 4 aliphatic rings. The lowest BCUT2D eigenvalue weighted by Gasteiger charge is -2.31. The lowest BCUT2D eigenvalue weighted by Crippen LogP contribution is -2.39. The van der Waals surface area contributed by atoms with E-state index in [9.17, 15) is 9.59 Å². The molecule has 6 rings (SSSR count). The minimum Gasteiger partial charge on any atom is -0.342 e. The maximum Gasteiger partial charge on any atom is 0.277 e. The highest BCUT2D eigenvalue weighted by molar-refractivity contribution is 5.81. The number of allylic oxidation sites excluding steroid dienone is 2. The Morgan fingerprint density at radius 3 is 2.69 bits per heavy atom. The van der Waals surface area contributed by atoms with Gasteiger partial charge < -0.3 is 4.90 Å². The van der Waals surface area contributed by atoms with E-state index in [-0.39, 0.29) is 5.56 Å². The summed E-state index contributed by atoms with van der Waals surface area (Å²) >= 11 is 0. The predicted octanol–water partition coefficient (Wildman–Crippen LogP) is 2.85. The zero-order valence-electron chi connectivity index (χ0n) is 18.8. The number of aromatic nitrogens is 3. The van der Waals surface area contributed by atoms with Crippen LogP contribution >= 0.6 is 0 Å². The summed E-state index contributed by atoms with van der Waals surface area (Å²) in [5.74, 6) is 1.70. The van der Waals surface area contributed by atoms with Gasteiger partial charge in [0.1, 0.15) is 0 Å². The predicted molar refractivity (Wildman–Crippen MR) is 123 cm³/mol. The van der Waals surface area contributed by atoms with Crippen LogP contribution in [0.15, 0.2) is 23.0 Å². The zero-order chi connectivity index (χ0) is 21.7. The summed E-state index contributed by atoms with van der Waals surface area (Å²) in [7, 11) is 0. The molecule has 0 aromatic carbocycles. The van der Waals surface area contributed by atoms with E-state index in [2.05, 4.69) is 28.2 Å². The molecule has 1 N–H and O–H groups in total. The first-order valence-corrected chi connectivity index (χ1v) is 12.5. The van der Waals surface area contributed by atoms with Gasteiger partial charge in [0.25, 0.3) is 5.56 Å². The number of nitrogens with one attached hydrogen (secondary N) is 1. The van der Waals surface area contributed by atoms with E-state index in [1.165, 1.54) is 12.8 Å². The summed E-state index contributed by atoms with van der Waals surface area (Å²) in [4.78, 5) is 35.0. The first-order chi connectivity index (χ1) is 15.7. The average Bonchev–Trinajstić information content (AvgIpc) is 3.59. The molecule has 0 unspecified atom stereocenters. The van der Waals surface area contributed by atoms with Crippen LogP contribution in [0.25, 0.3) is 5.65 Å². The molecule has 2 aromatic rings. The number of hydrogen-bond acceptors (Lipinski definition) is 4. The number of rotatable bonds is 4. The Bertz CT molecular complexity index is 1100. The number of carbonyl (C=O) groups is 1. The van der Waals surface area contributed by atoms with Gasteiger partial charge in [-0.3, -0.25) is 19.6 Å². The molecule has 1 amide bonds. The SMILES string of the molecule is O=C(C1CC1)N1CCC(c2cc3nc4c(c(=O)n3[nH]2)CN(C[C@H]2CC=CCC2)CC4)CC1. The Kier molecular flexibility index (Phi) is 5.17. The fraction of sp³-hybridized carbons (Fsp3) is 0.640. The van der Waals surface area contributed by atoms with Crippen LogP contribution in [-0.4, -0.2) is 56.5 Å². The summed E-state index contributed by atoms with van der Waals surface area (Å²) in [6, 6.07) is 2.06. The second-order valence-electron chi connectivity index (χ2n) is 10.3. The summed E-state index contributed by atoms with van der Waals surface area (Å²) in [6.45, 7) is 4.40. The van der Waals surface area contributed by atoms with Crippen molar-refractivity contribution in [3.63, 3.8) is 0 Å². The molecule has 7 heteroatoms. The van der Waals surface area contributed by atoms with Crippen molar-refractivity contribution >= 4 is 11.6 Å². The molecule has 32 heavy (non-hydrogen) atoms. The van der Waals surface area contributed by atoms with Gasteiger partial charge in [0.15, 0.2) is 5.65 Å². The molecule has 4 heterocycles. The van der Waals surface area contributed by atoms with E-state index in [0.29, 0.717) is 30.2 Å². The zero-order valence-corrected chi connectivity index (χ0v) is 18.8. The van der Waals surface area contributed by atoms with Crippen molar-refractivity contribution in [2.45, 2.75) is 63.8 Å². The summed E-state index contributed by atoms with van der Waals surface area (Å²) in [5, 5.41) is 3.37. The number of likely N-dealkylation sites (tertiary alicyclic amines) is 1. The third-order valence-electron chi connectivity index (χ3n) is 7.93. The number of nitrogens with zero attached hydrogens (tertiary/aromatic N) is 4. The normalized spacial score (nSPS) is 24.8. The minimum absolute atomic E-state index is 0.0610. The Labute approximate surface area is 188 Å². The average molecular weight is 436 g/mol. The maximum absolute atomic E-state index is 13.3. The third-order valence-corrected chi connectivity index (χ3v) is 7.93. The van der Waals surface area contributed by atoms with Gasteiger partial charge in [-0.25, -0.2) is 9.50 Å². The first-order valence-electron chi connectivity index (χ1n) is 12.5. The largest absolute Gasteiger partial charge is 0.342 e. The first kappa shape index (κ1) is 20.2. The molecule has 2 aliphatic carbocycles. The topological polar surface area (TPSA) is 73.7 Å². The van der Waals surface area contributed by atoms with Crippen LogP contribution in [0.1, 0.15) is 67.8 Å². The van der Waals surface area contributed by atoms with Crippen LogP contribution in [-0.2, 0) is 17.8 Å². The maximum atomic E-state index is 13.3. The Hall–Kier alpha value is -2.41. The molecule has 170 valence electrons. The van der Waals surface area contributed by atoms with Gasteiger partial charge >= 0.3 is 0 Å². The number of amides is 1. The van der Waals surface area contributed by atoms with Gasteiger partial charge in [0.2, 0.25) is 5.91 Å². The molecular weight excluding hydrogens is 402 g/mol. The quantitative estimate of drug-likeness (QED) is 0.750. The Morgan fingerprint density at radius 1 is 1.09 bits per heavy atom. The molecule has 2 aliphatic heterocycles. The number of aromatic amines is 1.